The Morgan fingerprint density at radius 3 is 2.47 bits per heavy atom. The number of anilines is 3. The number of fused-ring (bicyclic) bond motifs is 1. The highest BCUT2D eigenvalue weighted by molar-refractivity contribution is 7.89. The molecule has 0 amide bonds. The first-order valence-corrected chi connectivity index (χ1v) is 12.1. The Balaban J connectivity index is 1.38. The van der Waals surface area contributed by atoms with E-state index in [1.54, 1.807) is 24.4 Å². The minimum absolute atomic E-state index is 0.0993. The number of nitrogens with zero attached hydrogens (tertiary/aromatic N) is 4. The third kappa shape index (κ3) is 4.30. The van der Waals surface area contributed by atoms with Crippen molar-refractivity contribution < 1.29 is 8.42 Å². The molecule has 1 fully saturated rings. The van der Waals surface area contributed by atoms with Crippen LogP contribution in [0.4, 0.5) is 17.3 Å². The van der Waals surface area contributed by atoms with Crippen molar-refractivity contribution >= 4 is 38.4 Å². The van der Waals surface area contributed by atoms with Crippen molar-refractivity contribution in [2.24, 2.45) is 0 Å². The van der Waals surface area contributed by atoms with Crippen LogP contribution in [0.2, 0.25) is 0 Å². The fraction of sp³-hybridized carbons (Fsp3) is 0.217. The minimum Gasteiger partial charge on any atom is -0.369 e. The number of aromatic nitrogens is 3. The van der Waals surface area contributed by atoms with E-state index in [0.29, 0.717) is 17.0 Å². The quantitative estimate of drug-likeness (QED) is 0.468. The maximum atomic E-state index is 13.0. The van der Waals surface area contributed by atoms with Crippen LogP contribution in [0, 0.1) is 0 Å². The van der Waals surface area contributed by atoms with Crippen LogP contribution in [0.25, 0.3) is 11.0 Å². The maximum absolute atomic E-state index is 13.0. The highest BCUT2D eigenvalue weighted by Gasteiger charge is 2.18. The van der Waals surface area contributed by atoms with E-state index in [-0.39, 0.29) is 5.75 Å². The van der Waals surface area contributed by atoms with E-state index in [4.69, 9.17) is 0 Å². The number of nitrogens with one attached hydrogen (secondary N) is 2. The summed E-state index contributed by atoms with van der Waals surface area (Å²) in [5, 5.41) is 7.20. The van der Waals surface area contributed by atoms with Gasteiger partial charge in [0, 0.05) is 55.3 Å². The number of rotatable bonds is 6. The lowest BCUT2D eigenvalue weighted by atomic mass is 10.2. The van der Waals surface area contributed by atoms with Gasteiger partial charge in [-0.3, -0.25) is 0 Å². The van der Waals surface area contributed by atoms with Gasteiger partial charge in [-0.2, -0.15) is 4.98 Å². The molecule has 1 saturated heterocycles. The molecule has 2 aromatic carbocycles. The molecule has 5 rings (SSSR count). The Kier molecular flexibility index (Phi) is 5.50. The second kappa shape index (κ2) is 8.60. The molecule has 0 spiro atoms. The highest BCUT2D eigenvalue weighted by Crippen LogP contribution is 2.23. The Hall–Kier alpha value is -3.43. The number of hydrogen-bond acceptors (Lipinski definition) is 7. The predicted molar refractivity (Wildman–Crippen MR) is 127 cm³/mol. The lowest BCUT2D eigenvalue weighted by Gasteiger charge is -2.29. The molecule has 0 unspecified atom stereocenters. The average Bonchev–Trinajstić information content (AvgIpc) is 3.25. The van der Waals surface area contributed by atoms with Gasteiger partial charge in [-0.05, 0) is 35.9 Å². The molecular weight excluding hydrogens is 424 g/mol. The van der Waals surface area contributed by atoms with Crippen molar-refractivity contribution in [3.05, 3.63) is 78.6 Å². The summed E-state index contributed by atoms with van der Waals surface area (Å²) in [5.74, 6) is 0.250. The van der Waals surface area contributed by atoms with Gasteiger partial charge in [-0.1, -0.05) is 30.3 Å². The standard InChI is InChI=1S/C23H24N6O2S/c30-32(31,17-18-4-2-1-3-5-18)29-13-10-19-16-25-23(27-22(19)29)26-20-6-8-21(9-7-20)28-14-11-24-12-15-28/h1-10,13,16,24H,11-12,14-15,17H2,(H,25,26,27). The Bertz CT molecular complexity index is 1310. The monoisotopic (exact) mass is 448 g/mol. The lowest BCUT2D eigenvalue weighted by Crippen LogP contribution is -2.43. The van der Waals surface area contributed by atoms with Crippen molar-refractivity contribution in [2.75, 3.05) is 36.4 Å². The number of hydrogen-bond donors (Lipinski definition) is 2. The summed E-state index contributed by atoms with van der Waals surface area (Å²) in [6.07, 6.45) is 3.16. The van der Waals surface area contributed by atoms with Crippen LogP contribution >= 0.6 is 0 Å². The molecule has 164 valence electrons. The van der Waals surface area contributed by atoms with Crippen LogP contribution in [-0.4, -0.2) is 48.5 Å². The summed E-state index contributed by atoms with van der Waals surface area (Å²) in [4.78, 5) is 11.2. The Labute approximate surface area is 187 Å². The predicted octanol–water partition coefficient (Wildman–Crippen LogP) is 2.96. The smallest absolute Gasteiger partial charge is 0.244 e. The Morgan fingerprint density at radius 2 is 1.72 bits per heavy atom. The molecule has 4 aromatic rings. The fourth-order valence-electron chi connectivity index (χ4n) is 3.84. The van der Waals surface area contributed by atoms with E-state index in [0.717, 1.165) is 37.4 Å². The van der Waals surface area contributed by atoms with Gasteiger partial charge in [0.15, 0.2) is 5.65 Å². The van der Waals surface area contributed by atoms with E-state index in [1.165, 1.54) is 15.9 Å². The van der Waals surface area contributed by atoms with Crippen LogP contribution < -0.4 is 15.5 Å². The molecule has 2 N–H and O–H groups in total. The topological polar surface area (TPSA) is 92.2 Å². The second-order valence-electron chi connectivity index (χ2n) is 7.73. The average molecular weight is 449 g/mol. The zero-order chi connectivity index (χ0) is 22.0. The molecule has 3 heterocycles. The second-order valence-corrected chi connectivity index (χ2v) is 9.58. The Morgan fingerprint density at radius 1 is 0.969 bits per heavy atom. The third-order valence-corrected chi connectivity index (χ3v) is 7.08. The lowest BCUT2D eigenvalue weighted by molar-refractivity contribution is 0.588. The number of benzene rings is 2. The van der Waals surface area contributed by atoms with E-state index in [1.807, 2.05) is 30.3 Å². The van der Waals surface area contributed by atoms with Crippen molar-refractivity contribution in [2.45, 2.75) is 5.75 Å². The summed E-state index contributed by atoms with van der Waals surface area (Å²) in [7, 11) is -3.62. The molecule has 9 heteroatoms. The first-order valence-electron chi connectivity index (χ1n) is 10.5. The summed E-state index contributed by atoms with van der Waals surface area (Å²) < 4.78 is 27.2. The zero-order valence-corrected chi connectivity index (χ0v) is 18.3. The molecule has 0 radical (unpaired) electrons. The first-order chi connectivity index (χ1) is 15.6. The van der Waals surface area contributed by atoms with Gasteiger partial charge >= 0.3 is 0 Å². The summed E-state index contributed by atoms with van der Waals surface area (Å²) in [5.41, 5.74) is 3.10. The summed E-state index contributed by atoms with van der Waals surface area (Å²) in [6.45, 7) is 3.95. The SMILES string of the molecule is O=S(=O)(Cc1ccccc1)n1ccc2cnc(Nc3ccc(N4CCNCC4)cc3)nc21. The van der Waals surface area contributed by atoms with Crippen LogP contribution in [0.3, 0.4) is 0 Å². The van der Waals surface area contributed by atoms with Crippen LogP contribution in [0.15, 0.2) is 73.1 Å². The van der Waals surface area contributed by atoms with E-state index < -0.39 is 10.0 Å². The van der Waals surface area contributed by atoms with Gasteiger partial charge in [-0.15, -0.1) is 0 Å². The normalized spacial score (nSPS) is 14.6. The van der Waals surface area contributed by atoms with E-state index >= 15 is 0 Å². The molecule has 0 atom stereocenters. The summed E-state index contributed by atoms with van der Waals surface area (Å²) >= 11 is 0. The van der Waals surface area contributed by atoms with E-state index in [2.05, 4.69) is 37.6 Å². The van der Waals surface area contributed by atoms with Crippen LogP contribution in [0.5, 0.6) is 0 Å². The summed E-state index contributed by atoms with van der Waals surface area (Å²) in [6, 6.07) is 18.9. The van der Waals surface area contributed by atoms with Crippen LogP contribution in [0.1, 0.15) is 5.56 Å². The third-order valence-electron chi connectivity index (χ3n) is 5.49. The molecule has 2 aromatic heterocycles. The van der Waals surface area contributed by atoms with Crippen molar-refractivity contribution in [1.29, 1.82) is 0 Å². The zero-order valence-electron chi connectivity index (χ0n) is 17.5. The molecule has 8 nitrogen and oxygen atoms in total. The van der Waals surface area contributed by atoms with Gasteiger partial charge in [0.05, 0.1) is 5.75 Å². The molecule has 32 heavy (non-hydrogen) atoms. The molecule has 0 saturated carbocycles. The molecule has 1 aliphatic heterocycles. The first kappa shape index (κ1) is 20.5. The number of piperazine rings is 1. The van der Waals surface area contributed by atoms with E-state index in [9.17, 15) is 8.42 Å². The van der Waals surface area contributed by atoms with Gasteiger partial charge in [0.2, 0.25) is 16.0 Å². The van der Waals surface area contributed by atoms with Gasteiger partial charge in [-0.25, -0.2) is 17.4 Å². The molecule has 1 aliphatic rings. The highest BCUT2D eigenvalue weighted by atomic mass is 32.2. The van der Waals surface area contributed by atoms with Gasteiger partial charge < -0.3 is 15.5 Å². The van der Waals surface area contributed by atoms with Crippen molar-refractivity contribution in [3.63, 3.8) is 0 Å². The molecule has 0 bridgehead atoms. The maximum Gasteiger partial charge on any atom is 0.244 e. The largest absolute Gasteiger partial charge is 0.369 e. The fourth-order valence-corrected chi connectivity index (χ4v) is 5.25. The minimum atomic E-state index is -3.62. The van der Waals surface area contributed by atoms with Crippen molar-refractivity contribution in [1.82, 2.24) is 19.3 Å². The van der Waals surface area contributed by atoms with Crippen LogP contribution in [-0.2, 0) is 15.8 Å². The molecular formula is C23H24N6O2S. The van der Waals surface area contributed by atoms with Gasteiger partial charge in [0.25, 0.3) is 0 Å². The van der Waals surface area contributed by atoms with Crippen molar-refractivity contribution in [3.8, 4) is 0 Å². The molecule has 0 aliphatic carbocycles. The van der Waals surface area contributed by atoms with Gasteiger partial charge in [0.1, 0.15) is 0 Å².